The van der Waals surface area contributed by atoms with Gasteiger partial charge in [0.25, 0.3) is 9.05 Å². The number of benzene rings is 1. The van der Waals surface area contributed by atoms with Gasteiger partial charge in [-0.2, -0.15) is 4.31 Å². The van der Waals surface area contributed by atoms with Gasteiger partial charge in [0, 0.05) is 23.8 Å². The molecule has 1 heterocycles. The summed E-state index contributed by atoms with van der Waals surface area (Å²) in [6.07, 6.45) is 4.07. The van der Waals surface area contributed by atoms with Crippen molar-refractivity contribution in [3.8, 4) is 0 Å². The average Bonchev–Trinajstić information content (AvgIpc) is 2.38. The summed E-state index contributed by atoms with van der Waals surface area (Å²) in [5.41, 5.74) is 0. The molecule has 5 nitrogen and oxygen atoms in total. The molecule has 0 saturated heterocycles. The van der Waals surface area contributed by atoms with Crippen molar-refractivity contribution in [3.63, 3.8) is 0 Å². The summed E-state index contributed by atoms with van der Waals surface area (Å²) in [5.74, 6) is -1.14. The molecule has 0 unspecified atom stereocenters. The highest BCUT2D eigenvalue weighted by Crippen LogP contribution is 2.24. The van der Waals surface area contributed by atoms with Crippen LogP contribution in [0.3, 0.4) is 0 Å². The highest BCUT2D eigenvalue weighted by Gasteiger charge is 2.28. The van der Waals surface area contributed by atoms with Crippen LogP contribution in [-0.2, 0) is 19.1 Å². The second-order valence-corrected chi connectivity index (χ2v) is 8.63. The first-order chi connectivity index (χ1) is 9.23. The molecule has 1 aromatic carbocycles. The Labute approximate surface area is 121 Å². The third kappa shape index (κ3) is 3.03. The number of nitrogens with zero attached hydrogens (tertiary/aromatic N) is 1. The molecular weight excluding hydrogens is 329 g/mol. The summed E-state index contributed by atoms with van der Waals surface area (Å²) in [5, 5.41) is 0. The molecule has 0 radical (unpaired) electrons. The first kappa shape index (κ1) is 15.4. The van der Waals surface area contributed by atoms with Crippen LogP contribution in [0.1, 0.15) is 6.42 Å². The lowest BCUT2D eigenvalue weighted by atomic mass is 10.3. The van der Waals surface area contributed by atoms with Crippen molar-refractivity contribution in [3.05, 3.63) is 36.2 Å². The van der Waals surface area contributed by atoms with E-state index in [2.05, 4.69) is 0 Å². The fourth-order valence-electron chi connectivity index (χ4n) is 1.82. The minimum Gasteiger partial charge on any atom is -0.207 e. The van der Waals surface area contributed by atoms with E-state index >= 15 is 0 Å². The highest BCUT2D eigenvalue weighted by molar-refractivity contribution is 8.13. The van der Waals surface area contributed by atoms with E-state index in [0.29, 0.717) is 12.5 Å². The summed E-state index contributed by atoms with van der Waals surface area (Å²) < 4.78 is 61.6. The molecule has 0 bridgehead atoms. The Balaban J connectivity index is 2.45. The standard InChI is InChI=1S/C11H11ClFNO4S2/c12-19(15,16)9-4-5-11(10(13)8-9)20(17,18)14-6-2-1-3-7-14/h1-2,4-5,8H,3,6-7H2. The van der Waals surface area contributed by atoms with Crippen LogP contribution in [0, 0.1) is 5.82 Å². The predicted octanol–water partition coefficient (Wildman–Crippen LogP) is 1.70. The molecule has 0 fully saturated rings. The predicted molar refractivity (Wildman–Crippen MR) is 72.0 cm³/mol. The molecule has 9 heteroatoms. The van der Waals surface area contributed by atoms with E-state index in [9.17, 15) is 21.2 Å². The van der Waals surface area contributed by atoms with Gasteiger partial charge in [-0.3, -0.25) is 0 Å². The first-order valence-electron chi connectivity index (χ1n) is 5.62. The smallest absolute Gasteiger partial charge is 0.207 e. The molecule has 0 aliphatic carbocycles. The largest absolute Gasteiger partial charge is 0.261 e. The molecule has 1 aromatic rings. The zero-order valence-electron chi connectivity index (χ0n) is 10.2. The summed E-state index contributed by atoms with van der Waals surface area (Å²) in [6.45, 7) is 0.422. The highest BCUT2D eigenvalue weighted by atomic mass is 35.7. The third-order valence-corrected chi connectivity index (χ3v) is 6.07. The van der Waals surface area contributed by atoms with Crippen LogP contribution in [-0.4, -0.2) is 34.2 Å². The lowest BCUT2D eigenvalue weighted by molar-refractivity contribution is 0.432. The molecule has 0 atom stereocenters. The SMILES string of the molecule is O=S(=O)(Cl)c1ccc(S(=O)(=O)N2CC=CCC2)c(F)c1. The van der Waals surface area contributed by atoms with E-state index in [0.717, 1.165) is 16.4 Å². The minimum absolute atomic E-state index is 0.164. The fraction of sp³-hybridized carbons (Fsp3) is 0.273. The molecule has 110 valence electrons. The van der Waals surface area contributed by atoms with Gasteiger partial charge in [0.1, 0.15) is 10.7 Å². The number of rotatable bonds is 3. The summed E-state index contributed by atoms with van der Waals surface area (Å²) in [4.78, 5) is -1.04. The molecular formula is C11H11ClFNO4S2. The number of hydrogen-bond acceptors (Lipinski definition) is 4. The molecule has 0 N–H and O–H groups in total. The van der Waals surface area contributed by atoms with Crippen molar-refractivity contribution in [2.45, 2.75) is 16.2 Å². The van der Waals surface area contributed by atoms with Crippen molar-refractivity contribution in [1.29, 1.82) is 0 Å². The first-order valence-corrected chi connectivity index (χ1v) is 9.37. The molecule has 0 aromatic heterocycles. The second kappa shape index (κ2) is 5.44. The molecule has 20 heavy (non-hydrogen) atoms. The van der Waals surface area contributed by atoms with Gasteiger partial charge in [0.05, 0.1) is 4.90 Å². The Bertz CT molecular complexity index is 759. The van der Waals surface area contributed by atoms with Gasteiger partial charge in [-0.05, 0) is 24.6 Å². The normalized spacial score (nSPS) is 17.3. The molecule has 2 rings (SSSR count). The molecule has 1 aliphatic heterocycles. The monoisotopic (exact) mass is 339 g/mol. The van der Waals surface area contributed by atoms with Crippen LogP contribution in [0.5, 0.6) is 0 Å². The number of halogens is 2. The maximum Gasteiger partial charge on any atom is 0.261 e. The lowest BCUT2D eigenvalue weighted by Crippen LogP contribution is -2.34. The zero-order chi connectivity index (χ0) is 15.0. The Morgan fingerprint density at radius 1 is 1.15 bits per heavy atom. The Kier molecular flexibility index (Phi) is 4.19. The van der Waals surface area contributed by atoms with Gasteiger partial charge in [0.2, 0.25) is 10.0 Å². The minimum atomic E-state index is -4.10. The second-order valence-electron chi connectivity index (χ2n) is 4.15. The Hall–Kier alpha value is -0.960. The van der Waals surface area contributed by atoms with E-state index < -0.39 is 34.7 Å². The van der Waals surface area contributed by atoms with Gasteiger partial charge < -0.3 is 0 Å². The summed E-state index contributed by atoms with van der Waals surface area (Å²) >= 11 is 0. The topological polar surface area (TPSA) is 71.5 Å². The Morgan fingerprint density at radius 3 is 2.35 bits per heavy atom. The van der Waals surface area contributed by atoms with Crippen LogP contribution in [0.15, 0.2) is 40.1 Å². The van der Waals surface area contributed by atoms with Crippen molar-refractivity contribution < 1.29 is 21.2 Å². The van der Waals surface area contributed by atoms with Crippen molar-refractivity contribution in [1.82, 2.24) is 4.31 Å². The van der Waals surface area contributed by atoms with E-state index in [1.54, 1.807) is 6.08 Å². The maximum absolute atomic E-state index is 13.9. The maximum atomic E-state index is 13.9. The molecule has 0 spiro atoms. The fourth-order valence-corrected chi connectivity index (χ4v) is 4.03. The zero-order valence-corrected chi connectivity index (χ0v) is 12.5. The molecule has 0 saturated carbocycles. The number of hydrogen-bond donors (Lipinski definition) is 0. The summed E-state index contributed by atoms with van der Waals surface area (Å²) in [7, 11) is -3.00. The summed E-state index contributed by atoms with van der Waals surface area (Å²) in [6, 6.07) is 2.49. The lowest BCUT2D eigenvalue weighted by Gasteiger charge is -2.23. The van der Waals surface area contributed by atoms with Crippen molar-refractivity contribution in [2.75, 3.05) is 13.1 Å². The van der Waals surface area contributed by atoms with Crippen LogP contribution in [0.2, 0.25) is 0 Å². The van der Waals surface area contributed by atoms with E-state index in [4.69, 9.17) is 10.7 Å². The van der Waals surface area contributed by atoms with Gasteiger partial charge in [-0.25, -0.2) is 21.2 Å². The van der Waals surface area contributed by atoms with E-state index in [-0.39, 0.29) is 13.1 Å². The van der Waals surface area contributed by atoms with Crippen molar-refractivity contribution >= 4 is 29.8 Å². The van der Waals surface area contributed by atoms with E-state index in [1.165, 1.54) is 0 Å². The van der Waals surface area contributed by atoms with Crippen LogP contribution in [0.4, 0.5) is 4.39 Å². The number of sulfonamides is 1. The van der Waals surface area contributed by atoms with Gasteiger partial charge in [-0.1, -0.05) is 12.2 Å². The van der Waals surface area contributed by atoms with Crippen LogP contribution >= 0.6 is 10.7 Å². The molecule has 1 aliphatic rings. The van der Waals surface area contributed by atoms with Gasteiger partial charge in [0.15, 0.2) is 0 Å². The third-order valence-electron chi connectivity index (χ3n) is 2.82. The van der Waals surface area contributed by atoms with Crippen LogP contribution in [0.25, 0.3) is 0 Å². The quantitative estimate of drug-likeness (QED) is 0.620. The van der Waals surface area contributed by atoms with E-state index in [1.807, 2.05) is 6.08 Å². The molecule has 0 amide bonds. The van der Waals surface area contributed by atoms with Gasteiger partial charge in [-0.15, -0.1) is 0 Å². The Morgan fingerprint density at radius 2 is 1.85 bits per heavy atom. The van der Waals surface area contributed by atoms with Crippen molar-refractivity contribution in [2.24, 2.45) is 0 Å². The average molecular weight is 340 g/mol. The van der Waals surface area contributed by atoms with Gasteiger partial charge >= 0.3 is 0 Å². The van der Waals surface area contributed by atoms with Crippen LogP contribution < -0.4 is 0 Å².